The lowest BCUT2D eigenvalue weighted by molar-refractivity contribution is 0.575. The van der Waals surface area contributed by atoms with Crippen LogP contribution in [0.25, 0.3) is 0 Å². The molecule has 2 aromatic rings. The highest BCUT2D eigenvalue weighted by Gasteiger charge is 2.20. The van der Waals surface area contributed by atoms with E-state index in [9.17, 15) is 8.78 Å². The lowest BCUT2D eigenvalue weighted by atomic mass is 9.98. The molecule has 2 rings (SSSR count). The van der Waals surface area contributed by atoms with Crippen LogP contribution in [0.4, 0.5) is 8.78 Å². The van der Waals surface area contributed by atoms with Crippen molar-refractivity contribution in [1.29, 1.82) is 0 Å². The van der Waals surface area contributed by atoms with Crippen LogP contribution < -0.4 is 5.73 Å². The second-order valence-corrected chi connectivity index (χ2v) is 5.58. The summed E-state index contributed by atoms with van der Waals surface area (Å²) < 4.78 is 28.2. The Hall–Kier alpha value is -0.680. The normalized spacial score (nSPS) is 12.5. The molecule has 1 unspecified atom stereocenters. The highest BCUT2D eigenvalue weighted by Crippen LogP contribution is 2.32. The molecule has 1 atom stereocenters. The Labute approximate surface area is 127 Å². The Kier molecular flexibility index (Phi) is 4.46. The van der Waals surface area contributed by atoms with Gasteiger partial charge in [-0.15, -0.1) is 0 Å². The van der Waals surface area contributed by atoms with Gasteiger partial charge >= 0.3 is 0 Å². The average Bonchev–Trinajstić information content (AvgIpc) is 2.36. The van der Waals surface area contributed by atoms with E-state index in [1.54, 1.807) is 6.07 Å². The van der Waals surface area contributed by atoms with E-state index in [1.807, 2.05) is 0 Å². The molecule has 2 N–H and O–H groups in total. The first-order chi connectivity index (χ1) is 8.91. The molecule has 2 aromatic carbocycles. The maximum Gasteiger partial charge on any atom is 0.146 e. The lowest BCUT2D eigenvalue weighted by Crippen LogP contribution is -2.15. The van der Waals surface area contributed by atoms with Crippen molar-refractivity contribution in [1.82, 2.24) is 0 Å². The standard InChI is InChI=1S/C13H8BrCl2F2N/c14-8-5-11(17)7(4-10(8)16)13(19)6-2-1-3-9(15)12(6)18/h1-5,13H,19H2. The van der Waals surface area contributed by atoms with Crippen molar-refractivity contribution < 1.29 is 8.78 Å². The quantitative estimate of drug-likeness (QED) is 0.736. The third-order valence-electron chi connectivity index (χ3n) is 2.69. The van der Waals surface area contributed by atoms with Crippen molar-refractivity contribution in [3.8, 4) is 0 Å². The van der Waals surface area contributed by atoms with E-state index >= 15 is 0 Å². The minimum atomic E-state index is -0.982. The van der Waals surface area contributed by atoms with E-state index in [0.29, 0.717) is 9.50 Å². The molecule has 0 aliphatic heterocycles. The monoisotopic (exact) mass is 365 g/mol. The van der Waals surface area contributed by atoms with Gasteiger partial charge in [0.2, 0.25) is 0 Å². The summed E-state index contributed by atoms with van der Waals surface area (Å²) in [5, 5.41) is 0.242. The zero-order valence-electron chi connectivity index (χ0n) is 9.43. The van der Waals surface area contributed by atoms with Crippen molar-refractivity contribution in [2.45, 2.75) is 6.04 Å². The van der Waals surface area contributed by atoms with E-state index < -0.39 is 17.7 Å². The number of nitrogens with two attached hydrogens (primary N) is 1. The zero-order chi connectivity index (χ0) is 14.2. The fraction of sp³-hybridized carbons (Fsp3) is 0.0769. The third-order valence-corrected chi connectivity index (χ3v) is 4.18. The molecule has 0 spiro atoms. The molecule has 0 amide bonds. The summed E-state index contributed by atoms with van der Waals surface area (Å²) in [6.45, 7) is 0. The second kappa shape index (κ2) is 5.75. The molecule has 0 aliphatic carbocycles. The topological polar surface area (TPSA) is 26.0 Å². The molecule has 0 aliphatic rings. The van der Waals surface area contributed by atoms with Gasteiger partial charge in [0.05, 0.1) is 16.1 Å². The van der Waals surface area contributed by atoms with Gasteiger partial charge in [-0.25, -0.2) is 8.78 Å². The lowest BCUT2D eigenvalue weighted by Gasteiger charge is -2.15. The molecule has 0 saturated carbocycles. The zero-order valence-corrected chi connectivity index (χ0v) is 12.5. The van der Waals surface area contributed by atoms with Crippen molar-refractivity contribution in [3.63, 3.8) is 0 Å². The van der Waals surface area contributed by atoms with Gasteiger partial charge in [-0.1, -0.05) is 35.3 Å². The predicted octanol–water partition coefficient (Wildman–Crippen LogP) is 5.08. The van der Waals surface area contributed by atoms with Gasteiger partial charge in [-0.2, -0.15) is 0 Å². The van der Waals surface area contributed by atoms with Crippen LogP contribution in [0.5, 0.6) is 0 Å². The Balaban J connectivity index is 2.53. The molecule has 0 bridgehead atoms. The van der Waals surface area contributed by atoms with Crippen LogP contribution >= 0.6 is 39.1 Å². The molecule has 19 heavy (non-hydrogen) atoms. The van der Waals surface area contributed by atoms with Crippen molar-refractivity contribution in [2.24, 2.45) is 5.73 Å². The first-order valence-electron chi connectivity index (χ1n) is 5.25. The van der Waals surface area contributed by atoms with Crippen LogP contribution in [0.3, 0.4) is 0 Å². The number of benzene rings is 2. The molecule has 0 heterocycles. The van der Waals surface area contributed by atoms with E-state index in [4.69, 9.17) is 28.9 Å². The largest absolute Gasteiger partial charge is 0.320 e. The Morgan fingerprint density at radius 2 is 1.74 bits per heavy atom. The number of hydrogen-bond donors (Lipinski definition) is 1. The number of halogens is 5. The summed E-state index contributed by atoms with van der Waals surface area (Å²) in [5.74, 6) is -1.22. The second-order valence-electron chi connectivity index (χ2n) is 3.91. The third kappa shape index (κ3) is 2.92. The minimum absolute atomic E-state index is 0.0587. The highest BCUT2D eigenvalue weighted by atomic mass is 79.9. The van der Waals surface area contributed by atoms with Gasteiger partial charge in [0.1, 0.15) is 11.6 Å². The molecule has 0 saturated heterocycles. The first kappa shape index (κ1) is 14.7. The van der Waals surface area contributed by atoms with Gasteiger partial charge in [0, 0.05) is 15.6 Å². The number of rotatable bonds is 2. The van der Waals surface area contributed by atoms with Gasteiger partial charge in [-0.05, 0) is 34.1 Å². The van der Waals surface area contributed by atoms with Gasteiger partial charge in [0.25, 0.3) is 0 Å². The molecule has 0 aromatic heterocycles. The number of hydrogen-bond acceptors (Lipinski definition) is 1. The van der Waals surface area contributed by atoms with Crippen LogP contribution in [-0.4, -0.2) is 0 Å². The van der Waals surface area contributed by atoms with Crippen LogP contribution in [0.2, 0.25) is 10.0 Å². The van der Waals surface area contributed by atoms with Crippen LogP contribution in [-0.2, 0) is 0 Å². The van der Waals surface area contributed by atoms with Crippen molar-refractivity contribution in [3.05, 3.63) is 67.6 Å². The molecule has 100 valence electrons. The minimum Gasteiger partial charge on any atom is -0.320 e. The summed E-state index contributed by atoms with van der Waals surface area (Å²) in [6, 6.07) is 5.99. The van der Waals surface area contributed by atoms with Crippen molar-refractivity contribution >= 4 is 39.1 Å². The first-order valence-corrected chi connectivity index (χ1v) is 6.80. The van der Waals surface area contributed by atoms with E-state index in [0.717, 1.165) is 0 Å². The average molecular weight is 367 g/mol. The van der Waals surface area contributed by atoms with Crippen LogP contribution in [0, 0.1) is 11.6 Å². The molecular formula is C13H8BrCl2F2N. The van der Waals surface area contributed by atoms with E-state index in [1.165, 1.54) is 24.3 Å². The van der Waals surface area contributed by atoms with Gasteiger partial charge < -0.3 is 5.73 Å². The smallest absolute Gasteiger partial charge is 0.146 e. The van der Waals surface area contributed by atoms with Crippen LogP contribution in [0.15, 0.2) is 34.8 Å². The van der Waals surface area contributed by atoms with Crippen LogP contribution in [0.1, 0.15) is 17.2 Å². The van der Waals surface area contributed by atoms with E-state index in [-0.39, 0.29) is 16.1 Å². The molecule has 0 radical (unpaired) electrons. The highest BCUT2D eigenvalue weighted by molar-refractivity contribution is 9.10. The molecule has 6 heteroatoms. The maximum absolute atomic E-state index is 13.9. The fourth-order valence-corrected chi connectivity index (χ4v) is 2.37. The molecule has 0 fully saturated rings. The Morgan fingerprint density at radius 3 is 2.42 bits per heavy atom. The van der Waals surface area contributed by atoms with Crippen molar-refractivity contribution in [2.75, 3.05) is 0 Å². The Bertz CT molecular complexity index is 634. The summed E-state index contributed by atoms with van der Waals surface area (Å²) in [5.41, 5.74) is 6.11. The van der Waals surface area contributed by atoms with Gasteiger partial charge in [-0.3, -0.25) is 0 Å². The predicted molar refractivity (Wildman–Crippen MR) is 76.6 cm³/mol. The summed E-state index contributed by atoms with van der Waals surface area (Å²) >= 11 is 14.7. The van der Waals surface area contributed by atoms with E-state index in [2.05, 4.69) is 15.9 Å². The summed E-state index contributed by atoms with van der Waals surface area (Å²) in [6.07, 6.45) is 0. The SMILES string of the molecule is NC(c1cc(Cl)c(Br)cc1F)c1cccc(Cl)c1F. The molecular weight excluding hydrogens is 359 g/mol. The molecule has 1 nitrogen and oxygen atoms in total. The maximum atomic E-state index is 13.9. The Morgan fingerprint density at radius 1 is 1.05 bits per heavy atom. The fourth-order valence-electron chi connectivity index (χ4n) is 1.70. The summed E-state index contributed by atoms with van der Waals surface area (Å²) in [7, 11) is 0. The van der Waals surface area contributed by atoms with Gasteiger partial charge in [0.15, 0.2) is 0 Å². The summed E-state index contributed by atoms with van der Waals surface area (Å²) in [4.78, 5) is 0.